The molecular weight excluding hydrogens is 577 g/mol. The van der Waals surface area contributed by atoms with Crippen LogP contribution in [0.4, 0.5) is 13.2 Å². The van der Waals surface area contributed by atoms with E-state index in [9.17, 15) is 28.2 Å². The molecule has 0 radical (unpaired) electrons. The van der Waals surface area contributed by atoms with E-state index >= 15 is 0 Å². The van der Waals surface area contributed by atoms with Crippen molar-refractivity contribution in [3.8, 4) is 5.75 Å². The summed E-state index contributed by atoms with van der Waals surface area (Å²) in [6.45, 7) is 2.13. The Morgan fingerprint density at radius 3 is 2.63 bits per heavy atom. The Labute approximate surface area is 246 Å². The Kier molecular flexibility index (Phi) is 10.4. The summed E-state index contributed by atoms with van der Waals surface area (Å²) in [5.41, 5.74) is 0.168. The number of fused-ring (bicyclic) bond motifs is 1. The van der Waals surface area contributed by atoms with Crippen LogP contribution in [0, 0.1) is 5.41 Å². The largest absolute Gasteiger partial charge is 0.497 e. The van der Waals surface area contributed by atoms with Crippen LogP contribution in [0.25, 0.3) is 10.9 Å². The van der Waals surface area contributed by atoms with Gasteiger partial charge in [-0.15, -0.1) is 11.8 Å². The quantitative estimate of drug-likeness (QED) is 0.163. The molecule has 11 heteroatoms. The van der Waals surface area contributed by atoms with Gasteiger partial charge in [-0.25, -0.2) is 0 Å². The third kappa shape index (κ3) is 8.06. The summed E-state index contributed by atoms with van der Waals surface area (Å²) in [6, 6.07) is 11.0. The molecule has 0 saturated carbocycles. The lowest BCUT2D eigenvalue weighted by molar-refractivity contribution is -0.141. The summed E-state index contributed by atoms with van der Waals surface area (Å²) in [5, 5.41) is 21.9. The molecule has 0 bridgehead atoms. The zero-order valence-corrected chi connectivity index (χ0v) is 24.4. The van der Waals surface area contributed by atoms with Gasteiger partial charge >= 0.3 is 12.1 Å². The lowest BCUT2D eigenvalue weighted by Crippen LogP contribution is -2.41. The van der Waals surface area contributed by atoms with E-state index in [1.165, 1.54) is 30.1 Å². The van der Waals surface area contributed by atoms with Crippen molar-refractivity contribution >= 4 is 40.2 Å². The number of rotatable bonds is 12. The molecule has 3 aromatic rings. The molecule has 222 valence electrons. The topological polar surface area (TPSA) is 82.9 Å². The van der Waals surface area contributed by atoms with Crippen molar-refractivity contribution in [1.82, 2.24) is 9.88 Å². The first-order valence-electron chi connectivity index (χ1n) is 13.5. The van der Waals surface area contributed by atoms with Gasteiger partial charge in [0.25, 0.3) is 0 Å². The van der Waals surface area contributed by atoms with E-state index in [1.54, 1.807) is 31.4 Å². The Hall–Kier alpha value is -2.53. The van der Waals surface area contributed by atoms with Gasteiger partial charge in [0.1, 0.15) is 5.75 Å². The SMILES string of the molecule is COc1ccc2ncc(Cl)c([C@@H](O)CCC3(CC(=O)O)CCN(CCCSc4ccccc4C(F)(F)F)CC3)c2c1. The molecule has 6 nitrogen and oxygen atoms in total. The third-order valence-corrected chi connectivity index (χ3v) is 9.32. The molecule has 0 amide bonds. The van der Waals surface area contributed by atoms with Gasteiger partial charge in [0.05, 0.1) is 35.7 Å². The summed E-state index contributed by atoms with van der Waals surface area (Å²) < 4.78 is 45.1. The van der Waals surface area contributed by atoms with E-state index < -0.39 is 29.2 Å². The van der Waals surface area contributed by atoms with E-state index in [1.807, 2.05) is 0 Å². The number of benzene rings is 2. The number of nitrogens with zero attached hydrogens (tertiary/aromatic N) is 2. The number of likely N-dealkylation sites (tertiary alicyclic amines) is 1. The van der Waals surface area contributed by atoms with Crippen molar-refractivity contribution in [2.24, 2.45) is 5.41 Å². The number of pyridine rings is 1. The fourth-order valence-electron chi connectivity index (χ4n) is 5.60. The first-order valence-corrected chi connectivity index (χ1v) is 14.9. The van der Waals surface area contributed by atoms with Crippen LogP contribution in [0.5, 0.6) is 5.75 Å². The van der Waals surface area contributed by atoms with E-state index in [-0.39, 0.29) is 11.3 Å². The number of carboxylic acids is 1. The number of carbonyl (C=O) groups is 1. The van der Waals surface area contributed by atoms with Crippen LogP contribution in [0.15, 0.2) is 53.6 Å². The second kappa shape index (κ2) is 13.6. The smallest absolute Gasteiger partial charge is 0.417 e. The van der Waals surface area contributed by atoms with Crippen molar-refractivity contribution in [3.63, 3.8) is 0 Å². The van der Waals surface area contributed by atoms with Crippen molar-refractivity contribution < 1.29 is 32.9 Å². The zero-order valence-electron chi connectivity index (χ0n) is 22.8. The summed E-state index contributed by atoms with van der Waals surface area (Å²) in [5.74, 6) is 0.305. The van der Waals surface area contributed by atoms with Gasteiger partial charge < -0.3 is 19.8 Å². The standard InChI is InChI=1S/C30H34ClF3N2O4S/c1-40-20-7-8-24-21(17-20)28(23(31)19-35-24)25(37)9-10-29(18-27(38)39)11-14-36(15-12-29)13-4-16-41-26-6-3-2-5-22(26)30(32,33)34/h2-3,5-8,17,19,25,37H,4,9-16,18H2,1H3,(H,38,39)/t25-/m0/s1. The highest BCUT2D eigenvalue weighted by atomic mass is 35.5. The van der Waals surface area contributed by atoms with Gasteiger partial charge in [0.15, 0.2) is 0 Å². The summed E-state index contributed by atoms with van der Waals surface area (Å²) in [6.07, 6.45) is -0.847. The van der Waals surface area contributed by atoms with Crippen LogP contribution in [-0.4, -0.2) is 58.6 Å². The average molecular weight is 611 g/mol. The van der Waals surface area contributed by atoms with Gasteiger partial charge in [0.2, 0.25) is 0 Å². The second-order valence-electron chi connectivity index (χ2n) is 10.6. The highest BCUT2D eigenvalue weighted by Crippen LogP contribution is 2.43. The Balaban J connectivity index is 1.34. The molecule has 4 rings (SSSR count). The van der Waals surface area contributed by atoms with Gasteiger partial charge in [0, 0.05) is 22.0 Å². The van der Waals surface area contributed by atoms with Crippen LogP contribution in [0.1, 0.15) is 55.8 Å². The maximum absolute atomic E-state index is 13.2. The normalized spacial score (nSPS) is 16.5. The van der Waals surface area contributed by atoms with E-state index in [0.717, 1.165) is 19.0 Å². The molecule has 2 aromatic carbocycles. The second-order valence-corrected chi connectivity index (χ2v) is 12.1. The van der Waals surface area contributed by atoms with E-state index in [4.69, 9.17) is 16.3 Å². The molecule has 2 heterocycles. The van der Waals surface area contributed by atoms with Crippen LogP contribution < -0.4 is 4.74 Å². The van der Waals surface area contributed by atoms with Crippen molar-refractivity contribution in [3.05, 3.63) is 64.8 Å². The molecule has 1 aliphatic heterocycles. The molecule has 1 atom stereocenters. The Morgan fingerprint density at radius 2 is 1.95 bits per heavy atom. The fraction of sp³-hybridized carbons (Fsp3) is 0.467. The predicted octanol–water partition coefficient (Wildman–Crippen LogP) is 7.47. The average Bonchev–Trinajstić information content (AvgIpc) is 2.94. The van der Waals surface area contributed by atoms with Gasteiger partial charge in [-0.1, -0.05) is 23.7 Å². The number of hydrogen-bond acceptors (Lipinski definition) is 6. The molecule has 0 unspecified atom stereocenters. The lowest BCUT2D eigenvalue weighted by atomic mass is 9.71. The minimum atomic E-state index is -4.37. The molecule has 1 aliphatic rings. The molecule has 2 N–H and O–H groups in total. The Morgan fingerprint density at radius 1 is 1.22 bits per heavy atom. The molecular formula is C30H34ClF3N2O4S. The highest BCUT2D eigenvalue weighted by molar-refractivity contribution is 7.99. The van der Waals surface area contributed by atoms with Crippen LogP contribution >= 0.6 is 23.4 Å². The van der Waals surface area contributed by atoms with Crippen molar-refractivity contribution in [2.75, 3.05) is 32.5 Å². The number of aliphatic carboxylic acids is 1. The predicted molar refractivity (Wildman–Crippen MR) is 155 cm³/mol. The number of aliphatic hydroxyl groups is 1. The summed E-state index contributed by atoms with van der Waals surface area (Å²) >= 11 is 7.67. The third-order valence-electron chi connectivity index (χ3n) is 7.86. The minimum absolute atomic E-state index is 0.0102. The number of aromatic nitrogens is 1. The zero-order chi connectivity index (χ0) is 29.6. The van der Waals surface area contributed by atoms with Crippen molar-refractivity contribution in [2.45, 2.75) is 55.7 Å². The maximum Gasteiger partial charge on any atom is 0.417 e. The van der Waals surface area contributed by atoms with Crippen LogP contribution in [0.3, 0.4) is 0 Å². The first kappa shape index (κ1) is 31.4. The molecule has 1 saturated heterocycles. The van der Waals surface area contributed by atoms with Gasteiger partial charge in [-0.2, -0.15) is 13.2 Å². The maximum atomic E-state index is 13.2. The number of aliphatic hydroxyl groups excluding tert-OH is 1. The van der Waals surface area contributed by atoms with Gasteiger partial charge in [-0.3, -0.25) is 9.78 Å². The van der Waals surface area contributed by atoms with E-state index in [2.05, 4.69) is 9.88 Å². The number of ether oxygens (including phenoxy) is 1. The molecule has 1 aromatic heterocycles. The van der Waals surface area contributed by atoms with Crippen LogP contribution in [0.2, 0.25) is 5.02 Å². The minimum Gasteiger partial charge on any atom is -0.497 e. The van der Waals surface area contributed by atoms with E-state index in [0.29, 0.717) is 71.8 Å². The van der Waals surface area contributed by atoms with Crippen molar-refractivity contribution in [1.29, 1.82) is 0 Å². The fourth-order valence-corrected chi connectivity index (χ4v) is 6.89. The Bertz CT molecular complexity index is 1350. The molecule has 41 heavy (non-hydrogen) atoms. The first-order chi connectivity index (χ1) is 19.5. The number of thioether (sulfide) groups is 1. The van der Waals surface area contributed by atoms with Gasteiger partial charge in [-0.05, 0) is 93.2 Å². The number of piperidine rings is 1. The number of alkyl halides is 3. The van der Waals surface area contributed by atoms with Crippen LogP contribution in [-0.2, 0) is 11.0 Å². The lowest BCUT2D eigenvalue weighted by Gasteiger charge is -2.41. The number of hydrogen-bond donors (Lipinski definition) is 2. The molecule has 1 fully saturated rings. The highest BCUT2D eigenvalue weighted by Gasteiger charge is 2.37. The summed E-state index contributed by atoms with van der Waals surface area (Å²) in [4.78, 5) is 18.6. The number of methoxy groups -OCH3 is 1. The molecule has 0 aliphatic carbocycles. The monoisotopic (exact) mass is 610 g/mol. The number of carboxylic acid groups (broad SMARTS) is 1. The molecule has 0 spiro atoms. The summed E-state index contributed by atoms with van der Waals surface area (Å²) in [7, 11) is 1.56. The number of halogens is 4.